The molecule has 6 nitrogen and oxygen atoms in total. The summed E-state index contributed by atoms with van der Waals surface area (Å²) in [5, 5.41) is 15.4. The molecule has 2 heterocycles. The van der Waals surface area contributed by atoms with Crippen LogP contribution in [0.4, 0.5) is 0 Å². The molecule has 16 heavy (non-hydrogen) atoms. The van der Waals surface area contributed by atoms with Gasteiger partial charge in [0.1, 0.15) is 0 Å². The molecular formula is C10H16N6. The SMILES string of the molecule is Cc1cnn(CCNCc2cn(C)nn2)c1. The van der Waals surface area contributed by atoms with Crippen molar-refractivity contribution in [2.75, 3.05) is 6.54 Å². The van der Waals surface area contributed by atoms with Gasteiger partial charge in [0.2, 0.25) is 0 Å². The molecule has 0 saturated carbocycles. The molecule has 0 amide bonds. The molecule has 2 aromatic rings. The smallest absolute Gasteiger partial charge is 0.0964 e. The highest BCUT2D eigenvalue weighted by atomic mass is 15.4. The molecule has 0 aliphatic carbocycles. The number of nitrogens with zero attached hydrogens (tertiary/aromatic N) is 5. The fraction of sp³-hybridized carbons (Fsp3) is 0.500. The second kappa shape index (κ2) is 4.89. The summed E-state index contributed by atoms with van der Waals surface area (Å²) in [6, 6.07) is 0. The van der Waals surface area contributed by atoms with Gasteiger partial charge in [-0.15, -0.1) is 5.10 Å². The van der Waals surface area contributed by atoms with E-state index in [-0.39, 0.29) is 0 Å². The lowest BCUT2D eigenvalue weighted by Crippen LogP contribution is -2.19. The Kier molecular flexibility index (Phi) is 3.31. The minimum Gasteiger partial charge on any atom is -0.309 e. The summed E-state index contributed by atoms with van der Waals surface area (Å²) in [6.45, 7) is 4.52. The topological polar surface area (TPSA) is 60.6 Å². The van der Waals surface area contributed by atoms with Gasteiger partial charge in [-0.2, -0.15) is 5.10 Å². The Morgan fingerprint density at radius 1 is 1.38 bits per heavy atom. The lowest BCUT2D eigenvalue weighted by atomic mass is 10.4. The highest BCUT2D eigenvalue weighted by molar-refractivity contribution is 4.99. The molecule has 0 saturated heterocycles. The van der Waals surface area contributed by atoms with Crippen LogP contribution in [0.1, 0.15) is 11.3 Å². The largest absolute Gasteiger partial charge is 0.309 e. The van der Waals surface area contributed by atoms with Crippen molar-refractivity contribution in [2.24, 2.45) is 7.05 Å². The molecule has 0 bridgehead atoms. The van der Waals surface area contributed by atoms with Gasteiger partial charge in [0.15, 0.2) is 0 Å². The molecule has 0 radical (unpaired) electrons. The molecule has 2 aromatic heterocycles. The minimum absolute atomic E-state index is 0.744. The molecule has 0 aliphatic rings. The van der Waals surface area contributed by atoms with Crippen LogP contribution in [-0.2, 0) is 20.1 Å². The summed E-state index contributed by atoms with van der Waals surface area (Å²) in [4.78, 5) is 0. The highest BCUT2D eigenvalue weighted by Gasteiger charge is 1.97. The number of hydrogen-bond donors (Lipinski definition) is 1. The lowest BCUT2D eigenvalue weighted by molar-refractivity contribution is 0.551. The Morgan fingerprint density at radius 3 is 2.88 bits per heavy atom. The molecule has 0 atom stereocenters. The predicted octanol–water partition coefficient (Wildman–Crippen LogP) is 0.110. The van der Waals surface area contributed by atoms with E-state index in [1.54, 1.807) is 4.68 Å². The number of aryl methyl sites for hydroxylation is 2. The third-order valence-electron chi connectivity index (χ3n) is 2.24. The zero-order chi connectivity index (χ0) is 11.4. The van der Waals surface area contributed by atoms with E-state index < -0.39 is 0 Å². The van der Waals surface area contributed by atoms with Gasteiger partial charge in [-0.3, -0.25) is 9.36 Å². The Bertz CT molecular complexity index is 401. The molecule has 0 aromatic carbocycles. The Labute approximate surface area is 94.3 Å². The van der Waals surface area contributed by atoms with Crippen molar-refractivity contribution in [3.8, 4) is 0 Å². The summed E-state index contributed by atoms with van der Waals surface area (Å²) in [7, 11) is 1.86. The van der Waals surface area contributed by atoms with Gasteiger partial charge < -0.3 is 5.32 Å². The normalized spacial score (nSPS) is 10.9. The fourth-order valence-electron chi connectivity index (χ4n) is 1.48. The van der Waals surface area contributed by atoms with Crippen LogP contribution in [0.15, 0.2) is 18.6 Å². The van der Waals surface area contributed by atoms with E-state index >= 15 is 0 Å². The van der Waals surface area contributed by atoms with Crippen LogP contribution in [-0.4, -0.2) is 31.3 Å². The standard InChI is InChI=1S/C10H16N6/c1-9-5-12-16(7-9)4-3-11-6-10-8-15(2)14-13-10/h5,7-8,11H,3-4,6H2,1-2H3. The molecule has 2 rings (SSSR count). The molecule has 0 spiro atoms. The van der Waals surface area contributed by atoms with Crippen molar-refractivity contribution in [1.29, 1.82) is 0 Å². The first-order valence-electron chi connectivity index (χ1n) is 5.29. The number of aromatic nitrogens is 5. The highest BCUT2D eigenvalue weighted by Crippen LogP contribution is 1.93. The maximum absolute atomic E-state index is 4.21. The summed E-state index contributed by atoms with van der Waals surface area (Å²) in [5.41, 5.74) is 2.15. The monoisotopic (exact) mass is 220 g/mol. The zero-order valence-electron chi connectivity index (χ0n) is 9.59. The van der Waals surface area contributed by atoms with E-state index in [1.165, 1.54) is 5.56 Å². The summed E-state index contributed by atoms with van der Waals surface area (Å²) in [5.74, 6) is 0. The molecule has 0 fully saturated rings. The van der Waals surface area contributed by atoms with Gasteiger partial charge >= 0.3 is 0 Å². The van der Waals surface area contributed by atoms with E-state index in [4.69, 9.17) is 0 Å². The minimum atomic E-state index is 0.744. The van der Waals surface area contributed by atoms with E-state index in [1.807, 2.05) is 37.2 Å². The van der Waals surface area contributed by atoms with Crippen molar-refractivity contribution in [3.63, 3.8) is 0 Å². The van der Waals surface area contributed by atoms with Crippen molar-refractivity contribution in [1.82, 2.24) is 30.1 Å². The fourth-order valence-corrected chi connectivity index (χ4v) is 1.48. The van der Waals surface area contributed by atoms with Crippen molar-refractivity contribution >= 4 is 0 Å². The van der Waals surface area contributed by atoms with Crippen molar-refractivity contribution in [2.45, 2.75) is 20.0 Å². The average molecular weight is 220 g/mol. The van der Waals surface area contributed by atoms with Gasteiger partial charge in [-0.1, -0.05) is 5.21 Å². The maximum Gasteiger partial charge on any atom is 0.0964 e. The van der Waals surface area contributed by atoms with Gasteiger partial charge in [-0.25, -0.2) is 0 Å². The number of nitrogens with one attached hydrogen (secondary N) is 1. The molecule has 86 valence electrons. The molecule has 0 aliphatic heterocycles. The molecular weight excluding hydrogens is 204 g/mol. The third kappa shape index (κ3) is 2.90. The van der Waals surface area contributed by atoms with Gasteiger partial charge in [0.05, 0.1) is 18.4 Å². The van der Waals surface area contributed by atoms with Crippen molar-refractivity contribution < 1.29 is 0 Å². The van der Waals surface area contributed by atoms with Gasteiger partial charge in [-0.05, 0) is 12.5 Å². The summed E-state index contributed by atoms with van der Waals surface area (Å²) >= 11 is 0. The van der Waals surface area contributed by atoms with Crippen LogP contribution in [0.5, 0.6) is 0 Å². The number of rotatable bonds is 5. The first-order valence-corrected chi connectivity index (χ1v) is 5.29. The van der Waals surface area contributed by atoms with Crippen LogP contribution < -0.4 is 5.32 Å². The van der Waals surface area contributed by atoms with Gasteiger partial charge in [0.25, 0.3) is 0 Å². The second-order valence-corrected chi connectivity index (χ2v) is 3.84. The van der Waals surface area contributed by atoms with E-state index in [0.717, 1.165) is 25.3 Å². The quantitative estimate of drug-likeness (QED) is 0.727. The van der Waals surface area contributed by atoms with E-state index in [0.29, 0.717) is 0 Å². The maximum atomic E-state index is 4.21. The van der Waals surface area contributed by atoms with Crippen LogP contribution in [0, 0.1) is 6.92 Å². The van der Waals surface area contributed by atoms with Crippen LogP contribution in [0.2, 0.25) is 0 Å². The first-order chi connectivity index (χ1) is 7.74. The van der Waals surface area contributed by atoms with Crippen molar-refractivity contribution in [3.05, 3.63) is 29.8 Å². The summed E-state index contributed by atoms with van der Waals surface area (Å²) < 4.78 is 3.63. The first kappa shape index (κ1) is 10.8. The Morgan fingerprint density at radius 2 is 2.25 bits per heavy atom. The van der Waals surface area contributed by atoms with E-state index in [2.05, 4.69) is 20.7 Å². The van der Waals surface area contributed by atoms with Crippen LogP contribution >= 0.6 is 0 Å². The van der Waals surface area contributed by atoms with E-state index in [9.17, 15) is 0 Å². The lowest BCUT2D eigenvalue weighted by Gasteiger charge is -2.02. The molecule has 1 N–H and O–H groups in total. The Balaban J connectivity index is 1.69. The Hall–Kier alpha value is -1.69. The number of hydrogen-bond acceptors (Lipinski definition) is 4. The van der Waals surface area contributed by atoms with Crippen LogP contribution in [0.3, 0.4) is 0 Å². The average Bonchev–Trinajstić information content (AvgIpc) is 2.83. The van der Waals surface area contributed by atoms with Crippen LogP contribution in [0.25, 0.3) is 0 Å². The third-order valence-corrected chi connectivity index (χ3v) is 2.24. The predicted molar refractivity (Wildman–Crippen MR) is 59.7 cm³/mol. The second-order valence-electron chi connectivity index (χ2n) is 3.84. The van der Waals surface area contributed by atoms with Gasteiger partial charge in [0, 0.05) is 32.5 Å². The molecule has 0 unspecified atom stereocenters. The molecule has 6 heteroatoms. The zero-order valence-corrected chi connectivity index (χ0v) is 9.59. The summed E-state index contributed by atoms with van der Waals surface area (Å²) in [6.07, 6.45) is 5.80.